The Morgan fingerprint density at radius 1 is 1.19 bits per heavy atom. The van der Waals surface area contributed by atoms with Crippen molar-refractivity contribution in [2.75, 3.05) is 5.32 Å². The number of hydrogen-bond acceptors (Lipinski definition) is 4. The molecule has 6 nitrogen and oxygen atoms in total. The van der Waals surface area contributed by atoms with Crippen LogP contribution in [-0.4, -0.2) is 11.0 Å². The van der Waals surface area contributed by atoms with E-state index in [4.69, 9.17) is 8.83 Å². The highest BCUT2D eigenvalue weighted by atomic mass is 79.9. The largest absolute Gasteiger partial charge is 0.467 e. The van der Waals surface area contributed by atoms with E-state index in [-0.39, 0.29) is 24.3 Å². The SMILES string of the molecule is O=C(NCc1ccco1)Nc1ccc2oc(-c3cc(F)ccc3Br)nc2c1. The van der Waals surface area contributed by atoms with Gasteiger partial charge >= 0.3 is 6.03 Å². The van der Waals surface area contributed by atoms with Gasteiger partial charge in [-0.2, -0.15) is 0 Å². The van der Waals surface area contributed by atoms with Gasteiger partial charge in [0.1, 0.15) is 17.1 Å². The predicted molar refractivity (Wildman–Crippen MR) is 102 cm³/mol. The number of hydrogen-bond donors (Lipinski definition) is 2. The van der Waals surface area contributed by atoms with Crippen LogP contribution in [0, 0.1) is 5.82 Å². The standard InChI is InChI=1S/C19H13BrFN3O3/c20-15-5-3-11(21)8-14(15)18-24-16-9-12(4-6-17(16)27-18)23-19(25)22-10-13-2-1-7-26-13/h1-9H,10H2,(H2,22,23,25). The van der Waals surface area contributed by atoms with Gasteiger partial charge in [0.25, 0.3) is 0 Å². The van der Waals surface area contributed by atoms with Crippen molar-refractivity contribution in [3.8, 4) is 11.5 Å². The summed E-state index contributed by atoms with van der Waals surface area (Å²) in [5.74, 6) is 0.559. The Kier molecular flexibility index (Phi) is 4.64. The lowest BCUT2D eigenvalue weighted by Crippen LogP contribution is -2.27. The third-order valence-electron chi connectivity index (χ3n) is 3.81. The maximum Gasteiger partial charge on any atom is 0.319 e. The summed E-state index contributed by atoms with van der Waals surface area (Å²) in [4.78, 5) is 16.4. The Hall–Kier alpha value is -3.13. The molecule has 2 N–H and O–H groups in total. The molecule has 0 aliphatic carbocycles. The maximum atomic E-state index is 13.5. The number of urea groups is 1. The zero-order chi connectivity index (χ0) is 18.8. The summed E-state index contributed by atoms with van der Waals surface area (Å²) < 4.78 is 25.0. The highest BCUT2D eigenvalue weighted by Crippen LogP contribution is 2.31. The van der Waals surface area contributed by atoms with Crippen molar-refractivity contribution in [3.63, 3.8) is 0 Å². The summed E-state index contributed by atoms with van der Waals surface area (Å²) in [5.41, 5.74) is 2.14. The van der Waals surface area contributed by atoms with Gasteiger partial charge in [0.2, 0.25) is 5.89 Å². The van der Waals surface area contributed by atoms with Crippen molar-refractivity contribution >= 4 is 38.7 Å². The maximum absolute atomic E-state index is 13.5. The third-order valence-corrected chi connectivity index (χ3v) is 4.50. The lowest BCUT2D eigenvalue weighted by Gasteiger charge is -2.06. The normalized spacial score (nSPS) is 10.9. The minimum absolute atomic E-state index is 0.281. The summed E-state index contributed by atoms with van der Waals surface area (Å²) in [7, 11) is 0. The number of fused-ring (bicyclic) bond motifs is 1. The van der Waals surface area contributed by atoms with Gasteiger partial charge in [-0.15, -0.1) is 0 Å². The number of carbonyl (C=O) groups is 1. The van der Waals surface area contributed by atoms with Crippen LogP contribution in [0.4, 0.5) is 14.9 Å². The second-order valence-corrected chi connectivity index (χ2v) is 6.57. The molecule has 0 radical (unpaired) electrons. The van der Waals surface area contributed by atoms with Gasteiger partial charge in [-0.3, -0.25) is 0 Å². The van der Waals surface area contributed by atoms with Gasteiger partial charge in [0, 0.05) is 10.2 Å². The molecule has 0 aliphatic heterocycles. The smallest absolute Gasteiger partial charge is 0.319 e. The van der Waals surface area contributed by atoms with Gasteiger partial charge in [0.15, 0.2) is 5.58 Å². The van der Waals surface area contributed by atoms with Gasteiger partial charge in [-0.25, -0.2) is 14.2 Å². The molecule has 2 aromatic carbocycles. The van der Waals surface area contributed by atoms with Gasteiger partial charge in [0.05, 0.1) is 18.4 Å². The summed E-state index contributed by atoms with van der Waals surface area (Å²) in [6, 6.07) is 12.5. The molecule has 136 valence electrons. The summed E-state index contributed by atoms with van der Waals surface area (Å²) in [6.45, 7) is 0.281. The van der Waals surface area contributed by atoms with Gasteiger partial charge in [-0.05, 0) is 64.5 Å². The molecule has 0 bridgehead atoms. The van der Waals surface area contributed by atoms with Crippen molar-refractivity contribution in [2.45, 2.75) is 6.54 Å². The number of anilines is 1. The number of carbonyl (C=O) groups excluding carboxylic acids is 1. The topological polar surface area (TPSA) is 80.3 Å². The van der Waals surface area contributed by atoms with Crippen LogP contribution in [0.25, 0.3) is 22.6 Å². The van der Waals surface area contributed by atoms with E-state index >= 15 is 0 Å². The Bertz CT molecular complexity index is 1110. The fraction of sp³-hybridized carbons (Fsp3) is 0.0526. The quantitative estimate of drug-likeness (QED) is 0.460. The molecule has 8 heteroatoms. The lowest BCUT2D eigenvalue weighted by molar-refractivity contribution is 0.251. The highest BCUT2D eigenvalue weighted by molar-refractivity contribution is 9.10. The number of benzene rings is 2. The number of nitrogens with zero attached hydrogens (tertiary/aromatic N) is 1. The number of aromatic nitrogens is 1. The number of nitrogens with one attached hydrogen (secondary N) is 2. The van der Waals surface area contributed by atoms with E-state index in [9.17, 15) is 9.18 Å². The molecule has 0 unspecified atom stereocenters. The van der Waals surface area contributed by atoms with Gasteiger partial charge < -0.3 is 19.5 Å². The number of rotatable bonds is 4. The van der Waals surface area contributed by atoms with Crippen LogP contribution in [0.2, 0.25) is 0 Å². The van der Waals surface area contributed by atoms with Crippen LogP contribution in [0.1, 0.15) is 5.76 Å². The molecular formula is C19H13BrFN3O3. The first kappa shape index (κ1) is 17.3. The Balaban J connectivity index is 1.52. The van der Waals surface area contributed by atoms with E-state index in [1.165, 1.54) is 12.1 Å². The Morgan fingerprint density at radius 2 is 2.07 bits per heavy atom. The molecular weight excluding hydrogens is 417 g/mol. The third kappa shape index (κ3) is 3.85. The van der Waals surface area contributed by atoms with Crippen LogP contribution in [0.3, 0.4) is 0 Å². The molecule has 0 saturated heterocycles. The van der Waals surface area contributed by atoms with Crippen molar-refractivity contribution in [3.05, 3.63) is 70.8 Å². The molecule has 0 spiro atoms. The minimum Gasteiger partial charge on any atom is -0.467 e. The average molecular weight is 430 g/mol. The van der Waals surface area contributed by atoms with E-state index in [1.54, 1.807) is 42.7 Å². The molecule has 4 rings (SSSR count). The molecule has 0 atom stereocenters. The Labute approximate surface area is 161 Å². The first-order chi connectivity index (χ1) is 13.1. The average Bonchev–Trinajstić information content (AvgIpc) is 3.31. The van der Waals surface area contributed by atoms with Crippen LogP contribution < -0.4 is 10.6 Å². The predicted octanol–water partition coefficient (Wildman–Crippen LogP) is 5.31. The van der Waals surface area contributed by atoms with E-state index < -0.39 is 0 Å². The molecule has 0 saturated carbocycles. The van der Waals surface area contributed by atoms with Crippen molar-refractivity contribution in [1.82, 2.24) is 10.3 Å². The van der Waals surface area contributed by atoms with Crippen molar-refractivity contribution in [2.24, 2.45) is 0 Å². The summed E-state index contributed by atoms with van der Waals surface area (Å²) >= 11 is 3.37. The Morgan fingerprint density at radius 3 is 2.89 bits per heavy atom. The number of halogens is 2. The summed E-state index contributed by atoms with van der Waals surface area (Å²) in [5, 5.41) is 5.41. The van der Waals surface area contributed by atoms with Crippen molar-refractivity contribution < 1.29 is 18.0 Å². The van der Waals surface area contributed by atoms with Crippen LogP contribution in [0.15, 0.2) is 68.1 Å². The van der Waals surface area contributed by atoms with Gasteiger partial charge in [-0.1, -0.05) is 0 Å². The monoisotopic (exact) mass is 429 g/mol. The van der Waals surface area contributed by atoms with Crippen molar-refractivity contribution in [1.29, 1.82) is 0 Å². The summed E-state index contributed by atoms with van der Waals surface area (Å²) in [6.07, 6.45) is 1.54. The molecule has 2 heterocycles. The second kappa shape index (κ2) is 7.24. The second-order valence-electron chi connectivity index (χ2n) is 5.71. The number of amides is 2. The van der Waals surface area contributed by atoms with E-state index in [1.807, 2.05) is 0 Å². The number of furan rings is 1. The van der Waals surface area contributed by atoms with E-state index in [0.717, 1.165) is 0 Å². The fourth-order valence-electron chi connectivity index (χ4n) is 2.54. The molecule has 0 aliphatic rings. The highest BCUT2D eigenvalue weighted by Gasteiger charge is 2.13. The van der Waals surface area contributed by atoms with E-state index in [0.29, 0.717) is 32.6 Å². The molecule has 2 amide bonds. The number of oxazole rings is 1. The van der Waals surface area contributed by atoms with Crippen LogP contribution >= 0.6 is 15.9 Å². The molecule has 2 aromatic heterocycles. The lowest BCUT2D eigenvalue weighted by atomic mass is 10.2. The van der Waals surface area contributed by atoms with Crippen LogP contribution in [0.5, 0.6) is 0 Å². The first-order valence-corrected chi connectivity index (χ1v) is 8.81. The van der Waals surface area contributed by atoms with Crippen LogP contribution in [-0.2, 0) is 6.54 Å². The first-order valence-electron chi connectivity index (χ1n) is 8.02. The molecule has 0 fully saturated rings. The fourth-order valence-corrected chi connectivity index (χ4v) is 2.95. The minimum atomic E-state index is -0.383. The van der Waals surface area contributed by atoms with E-state index in [2.05, 4.69) is 31.5 Å². The molecule has 27 heavy (non-hydrogen) atoms. The zero-order valence-electron chi connectivity index (χ0n) is 13.8. The molecule has 4 aromatic rings. The zero-order valence-corrected chi connectivity index (χ0v) is 15.4.